The lowest BCUT2D eigenvalue weighted by atomic mass is 10.0. The van der Waals surface area contributed by atoms with Gasteiger partial charge >= 0.3 is 0 Å². The topological polar surface area (TPSA) is 17.1 Å². The molecule has 0 fully saturated rings. The predicted octanol–water partition coefficient (Wildman–Crippen LogP) is 4.39. The van der Waals surface area contributed by atoms with Gasteiger partial charge in [0.05, 0.1) is 10.6 Å². The van der Waals surface area contributed by atoms with Crippen molar-refractivity contribution >= 4 is 28.4 Å². The van der Waals surface area contributed by atoms with E-state index in [4.69, 9.17) is 23.2 Å². The van der Waals surface area contributed by atoms with Gasteiger partial charge in [0, 0.05) is 5.56 Å². The Bertz CT molecular complexity index is 521. The number of halogens is 2. The van der Waals surface area contributed by atoms with E-state index in [2.05, 4.69) is 0 Å². The second kappa shape index (κ2) is 4.69. The van der Waals surface area contributed by atoms with Crippen LogP contribution in [0.2, 0.25) is 5.02 Å². The molecular weight excluding hydrogens is 243 g/mol. The molecule has 0 aliphatic carbocycles. The molecule has 16 heavy (non-hydrogen) atoms. The van der Waals surface area contributed by atoms with Crippen LogP contribution in [0.3, 0.4) is 0 Å². The van der Waals surface area contributed by atoms with Crippen molar-refractivity contribution in [1.29, 1.82) is 0 Å². The Hall–Kier alpha value is -1.31. The van der Waals surface area contributed by atoms with Crippen LogP contribution in [0.1, 0.15) is 10.4 Å². The lowest BCUT2D eigenvalue weighted by Gasteiger charge is -2.06. The molecule has 0 N–H and O–H groups in total. The van der Waals surface area contributed by atoms with Crippen molar-refractivity contribution in [3.63, 3.8) is 0 Å². The zero-order valence-electron chi connectivity index (χ0n) is 8.28. The molecule has 0 saturated carbocycles. The fourth-order valence-electron chi connectivity index (χ4n) is 1.52. The summed E-state index contributed by atoms with van der Waals surface area (Å²) < 4.78 is 0. The summed E-state index contributed by atoms with van der Waals surface area (Å²) in [6, 6.07) is 14.9. The van der Waals surface area contributed by atoms with E-state index in [1.807, 2.05) is 36.4 Å². The molecular formula is C13H8Cl2O. The van der Waals surface area contributed by atoms with E-state index >= 15 is 0 Å². The molecule has 0 aromatic heterocycles. The maximum Gasteiger partial charge on any atom is 0.253 e. The molecule has 2 rings (SSSR count). The van der Waals surface area contributed by atoms with Crippen molar-refractivity contribution in [2.75, 3.05) is 0 Å². The highest BCUT2D eigenvalue weighted by Crippen LogP contribution is 2.31. The van der Waals surface area contributed by atoms with Gasteiger partial charge < -0.3 is 0 Å². The molecule has 0 aliphatic heterocycles. The van der Waals surface area contributed by atoms with E-state index in [1.54, 1.807) is 12.1 Å². The minimum Gasteiger partial charge on any atom is -0.276 e. The first-order chi connectivity index (χ1) is 7.70. The highest BCUT2D eigenvalue weighted by atomic mass is 35.5. The second-order valence-corrected chi connectivity index (χ2v) is 4.03. The molecule has 0 saturated heterocycles. The van der Waals surface area contributed by atoms with Crippen molar-refractivity contribution in [3.05, 3.63) is 59.1 Å². The van der Waals surface area contributed by atoms with E-state index in [9.17, 15) is 4.79 Å². The van der Waals surface area contributed by atoms with Crippen LogP contribution < -0.4 is 0 Å². The fraction of sp³-hybridized carbons (Fsp3) is 0. The maximum absolute atomic E-state index is 11.1. The molecule has 80 valence electrons. The first kappa shape index (κ1) is 11.2. The summed E-state index contributed by atoms with van der Waals surface area (Å²) in [5.74, 6) is 0. The molecule has 0 aliphatic rings. The summed E-state index contributed by atoms with van der Waals surface area (Å²) in [7, 11) is 0. The molecule has 0 spiro atoms. The Morgan fingerprint density at radius 1 is 0.938 bits per heavy atom. The number of carbonyl (C=O) groups is 1. The third kappa shape index (κ3) is 2.11. The van der Waals surface area contributed by atoms with E-state index in [-0.39, 0.29) is 0 Å². The van der Waals surface area contributed by atoms with Crippen molar-refractivity contribution in [3.8, 4) is 11.1 Å². The molecule has 2 aromatic carbocycles. The Kier molecular flexibility index (Phi) is 3.28. The Morgan fingerprint density at radius 2 is 1.62 bits per heavy atom. The summed E-state index contributed by atoms with van der Waals surface area (Å²) in [6.45, 7) is 0. The monoisotopic (exact) mass is 250 g/mol. The fourth-order valence-corrected chi connectivity index (χ4v) is 2.05. The standard InChI is InChI=1S/C13H8Cl2O/c14-12-10(9-5-2-1-3-6-9)7-4-8-11(12)13(15)16/h1-8H. The van der Waals surface area contributed by atoms with Crippen molar-refractivity contribution < 1.29 is 4.79 Å². The molecule has 0 radical (unpaired) electrons. The van der Waals surface area contributed by atoms with Crippen LogP contribution in [-0.2, 0) is 0 Å². The van der Waals surface area contributed by atoms with Crippen molar-refractivity contribution in [1.82, 2.24) is 0 Å². The zero-order chi connectivity index (χ0) is 11.5. The minimum absolute atomic E-state index is 0.338. The molecule has 0 bridgehead atoms. The number of hydrogen-bond acceptors (Lipinski definition) is 1. The van der Waals surface area contributed by atoms with Crippen molar-refractivity contribution in [2.45, 2.75) is 0 Å². The van der Waals surface area contributed by atoms with Crippen LogP contribution in [-0.4, -0.2) is 5.24 Å². The molecule has 3 heteroatoms. The summed E-state index contributed by atoms with van der Waals surface area (Å²) in [5, 5.41) is -0.142. The zero-order valence-corrected chi connectivity index (χ0v) is 9.79. The molecule has 0 amide bonds. The molecule has 2 aromatic rings. The van der Waals surface area contributed by atoms with Gasteiger partial charge in [-0.15, -0.1) is 0 Å². The van der Waals surface area contributed by atoms with Gasteiger partial charge in [-0.25, -0.2) is 0 Å². The second-order valence-electron chi connectivity index (χ2n) is 3.31. The highest BCUT2D eigenvalue weighted by Gasteiger charge is 2.11. The van der Waals surface area contributed by atoms with Crippen LogP contribution in [0.5, 0.6) is 0 Å². The average Bonchev–Trinajstić information content (AvgIpc) is 2.30. The SMILES string of the molecule is O=C(Cl)c1cccc(-c2ccccc2)c1Cl. The first-order valence-electron chi connectivity index (χ1n) is 4.74. The summed E-state index contributed by atoms with van der Waals surface area (Å²) in [5.41, 5.74) is 2.12. The van der Waals surface area contributed by atoms with Crippen LogP contribution in [0.4, 0.5) is 0 Å². The Balaban J connectivity index is 2.59. The van der Waals surface area contributed by atoms with Gasteiger partial charge in [-0.3, -0.25) is 4.79 Å². The average molecular weight is 251 g/mol. The van der Waals surface area contributed by atoms with Gasteiger partial charge in [0.25, 0.3) is 5.24 Å². The molecule has 1 nitrogen and oxygen atoms in total. The lowest BCUT2D eigenvalue weighted by Crippen LogP contribution is -1.92. The maximum atomic E-state index is 11.1. The minimum atomic E-state index is -0.539. The van der Waals surface area contributed by atoms with Crippen LogP contribution in [0.25, 0.3) is 11.1 Å². The van der Waals surface area contributed by atoms with Crippen LogP contribution in [0.15, 0.2) is 48.5 Å². The van der Waals surface area contributed by atoms with Crippen LogP contribution in [0, 0.1) is 0 Å². The molecule has 0 unspecified atom stereocenters. The number of rotatable bonds is 2. The summed E-state index contributed by atoms with van der Waals surface area (Å²) >= 11 is 11.6. The molecule has 0 heterocycles. The van der Waals surface area contributed by atoms with Gasteiger partial charge in [0.15, 0.2) is 0 Å². The van der Waals surface area contributed by atoms with Gasteiger partial charge in [0.2, 0.25) is 0 Å². The van der Waals surface area contributed by atoms with Gasteiger partial charge in [-0.05, 0) is 23.2 Å². The van der Waals surface area contributed by atoms with E-state index < -0.39 is 5.24 Å². The van der Waals surface area contributed by atoms with E-state index in [0.717, 1.165) is 11.1 Å². The van der Waals surface area contributed by atoms with Gasteiger partial charge in [-0.1, -0.05) is 54.1 Å². The normalized spacial score (nSPS) is 10.1. The van der Waals surface area contributed by atoms with E-state index in [1.165, 1.54) is 0 Å². The van der Waals surface area contributed by atoms with Gasteiger partial charge in [-0.2, -0.15) is 0 Å². The van der Waals surface area contributed by atoms with E-state index in [0.29, 0.717) is 10.6 Å². The smallest absolute Gasteiger partial charge is 0.253 e. The van der Waals surface area contributed by atoms with Crippen molar-refractivity contribution in [2.24, 2.45) is 0 Å². The number of carbonyl (C=O) groups excluding carboxylic acids is 1. The largest absolute Gasteiger partial charge is 0.276 e. The predicted molar refractivity (Wildman–Crippen MR) is 67.1 cm³/mol. The lowest BCUT2D eigenvalue weighted by molar-refractivity contribution is 0.108. The highest BCUT2D eigenvalue weighted by molar-refractivity contribution is 6.69. The number of benzene rings is 2. The molecule has 0 atom stereocenters. The Labute approximate surface area is 104 Å². The number of hydrogen-bond donors (Lipinski definition) is 0. The summed E-state index contributed by atoms with van der Waals surface area (Å²) in [6.07, 6.45) is 0. The quantitative estimate of drug-likeness (QED) is 0.723. The first-order valence-corrected chi connectivity index (χ1v) is 5.49. The van der Waals surface area contributed by atoms with Crippen LogP contribution >= 0.6 is 23.2 Å². The summed E-state index contributed by atoms with van der Waals surface area (Å²) in [4.78, 5) is 11.1. The third-order valence-corrected chi connectivity index (χ3v) is 2.91. The third-order valence-electron chi connectivity index (χ3n) is 2.30. The van der Waals surface area contributed by atoms with Gasteiger partial charge in [0.1, 0.15) is 0 Å². The Morgan fingerprint density at radius 3 is 2.25 bits per heavy atom.